The highest BCUT2D eigenvalue weighted by Gasteiger charge is 2.11. The molecule has 2 aromatic rings. The van der Waals surface area contributed by atoms with Crippen molar-refractivity contribution < 1.29 is 14.7 Å². The average molecular weight is 282 g/mol. The molecule has 0 saturated heterocycles. The van der Waals surface area contributed by atoms with Crippen LogP contribution in [0.25, 0.3) is 0 Å². The van der Waals surface area contributed by atoms with E-state index in [1.54, 1.807) is 0 Å². The highest BCUT2D eigenvalue weighted by atomic mass is 16.3. The molecule has 7 heteroatoms. The van der Waals surface area contributed by atoms with Crippen LogP contribution in [-0.4, -0.2) is 21.9 Å². The van der Waals surface area contributed by atoms with Crippen molar-refractivity contribution >= 4 is 17.5 Å². The lowest BCUT2D eigenvalue weighted by molar-refractivity contribution is 0.0990. The van der Waals surface area contributed by atoms with E-state index in [1.165, 1.54) is 36.5 Å². The summed E-state index contributed by atoms with van der Waals surface area (Å²) in [7, 11) is 0. The number of pyridine rings is 1. The lowest BCUT2D eigenvalue weighted by atomic mass is 10.1. The largest absolute Gasteiger partial charge is 0.508 e. The van der Waals surface area contributed by atoms with Crippen molar-refractivity contribution in [2.45, 2.75) is 0 Å². The van der Waals surface area contributed by atoms with Gasteiger partial charge in [-0.15, -0.1) is 0 Å². The summed E-state index contributed by atoms with van der Waals surface area (Å²) in [6, 6.07) is 8.60. The molecule has 0 spiro atoms. The second-order valence-electron chi connectivity index (χ2n) is 4.09. The van der Waals surface area contributed by atoms with Crippen LogP contribution in [0, 0.1) is 11.3 Å². The van der Waals surface area contributed by atoms with Crippen molar-refractivity contribution in [3.05, 3.63) is 53.3 Å². The molecule has 2 amide bonds. The second-order valence-corrected chi connectivity index (χ2v) is 4.09. The van der Waals surface area contributed by atoms with Crippen molar-refractivity contribution in [2.24, 2.45) is 5.73 Å². The Balaban J connectivity index is 2.22. The molecular weight excluding hydrogens is 272 g/mol. The molecule has 104 valence electrons. The smallest absolute Gasteiger partial charge is 0.267 e. The van der Waals surface area contributed by atoms with E-state index in [-0.39, 0.29) is 28.3 Å². The van der Waals surface area contributed by atoms with Crippen LogP contribution in [0.3, 0.4) is 0 Å². The van der Waals surface area contributed by atoms with Gasteiger partial charge in [0, 0.05) is 6.20 Å². The first-order valence-corrected chi connectivity index (χ1v) is 5.81. The maximum atomic E-state index is 12.0. The fourth-order valence-corrected chi connectivity index (χ4v) is 1.60. The van der Waals surface area contributed by atoms with Gasteiger partial charge in [-0.1, -0.05) is 0 Å². The molecule has 0 radical (unpaired) electrons. The minimum atomic E-state index is -0.688. The van der Waals surface area contributed by atoms with Crippen LogP contribution in [0.1, 0.15) is 26.4 Å². The number of primary amides is 1. The van der Waals surface area contributed by atoms with Crippen LogP contribution >= 0.6 is 0 Å². The number of benzene rings is 1. The highest BCUT2D eigenvalue weighted by molar-refractivity contribution is 6.05. The van der Waals surface area contributed by atoms with E-state index in [1.807, 2.05) is 6.07 Å². The van der Waals surface area contributed by atoms with Crippen molar-refractivity contribution in [1.29, 1.82) is 5.26 Å². The molecule has 1 aromatic heterocycles. The number of carbonyl (C=O) groups is 2. The maximum Gasteiger partial charge on any atom is 0.267 e. The average Bonchev–Trinajstić information content (AvgIpc) is 2.49. The van der Waals surface area contributed by atoms with Gasteiger partial charge in [0.05, 0.1) is 16.8 Å². The number of phenolic OH excluding ortho intramolecular Hbond substituents is 1. The third kappa shape index (κ3) is 3.13. The number of aromatic nitrogens is 1. The summed E-state index contributed by atoms with van der Waals surface area (Å²) in [6.07, 6.45) is 1.21. The van der Waals surface area contributed by atoms with Crippen molar-refractivity contribution in [1.82, 2.24) is 4.98 Å². The molecule has 4 N–H and O–H groups in total. The van der Waals surface area contributed by atoms with Crippen LogP contribution in [-0.2, 0) is 0 Å². The third-order valence-electron chi connectivity index (χ3n) is 2.65. The summed E-state index contributed by atoms with van der Waals surface area (Å²) < 4.78 is 0. The van der Waals surface area contributed by atoms with Crippen LogP contribution in [0.4, 0.5) is 5.69 Å². The van der Waals surface area contributed by atoms with Crippen molar-refractivity contribution in [3.63, 3.8) is 0 Å². The first-order valence-electron chi connectivity index (χ1n) is 5.81. The van der Waals surface area contributed by atoms with Crippen LogP contribution in [0.2, 0.25) is 0 Å². The van der Waals surface area contributed by atoms with E-state index in [4.69, 9.17) is 11.0 Å². The maximum absolute atomic E-state index is 12.0. The van der Waals surface area contributed by atoms with E-state index in [9.17, 15) is 14.7 Å². The van der Waals surface area contributed by atoms with Gasteiger partial charge in [-0.05, 0) is 30.3 Å². The summed E-state index contributed by atoms with van der Waals surface area (Å²) in [5.74, 6) is -1.26. The normalized spacial score (nSPS) is 9.67. The Kier molecular flexibility index (Phi) is 3.81. The number of nitrogens with one attached hydrogen (secondary N) is 1. The molecule has 0 fully saturated rings. The standard InChI is InChI=1S/C14H10N4O3/c15-6-9-5-10(19)2-4-11(9)18-14(21)8-1-3-12(13(16)20)17-7-8/h1-5,7,19H,(H2,16,20)(H,18,21). The summed E-state index contributed by atoms with van der Waals surface area (Å²) >= 11 is 0. The number of phenols is 1. The number of hydrogen-bond acceptors (Lipinski definition) is 5. The van der Waals surface area contributed by atoms with Crippen molar-refractivity contribution in [3.8, 4) is 11.8 Å². The van der Waals surface area contributed by atoms with Gasteiger partial charge in [0.2, 0.25) is 0 Å². The number of amides is 2. The molecule has 1 aromatic carbocycles. The lowest BCUT2D eigenvalue weighted by Crippen LogP contribution is -2.16. The van der Waals surface area contributed by atoms with Gasteiger partial charge in [-0.25, -0.2) is 0 Å². The Labute approximate surface area is 119 Å². The van der Waals surface area contributed by atoms with Gasteiger partial charge in [-0.3, -0.25) is 14.6 Å². The Morgan fingerprint density at radius 1 is 1.29 bits per heavy atom. The van der Waals surface area contributed by atoms with Gasteiger partial charge in [0.1, 0.15) is 17.5 Å². The quantitative estimate of drug-likeness (QED) is 0.723. The molecule has 0 unspecified atom stereocenters. The predicted octanol–water partition coefficient (Wildman–Crippen LogP) is 1.01. The number of nitrogens with two attached hydrogens (primary N) is 1. The number of carbonyl (C=O) groups excluding carboxylic acids is 2. The van der Waals surface area contributed by atoms with E-state index in [0.717, 1.165) is 0 Å². The predicted molar refractivity (Wildman–Crippen MR) is 73.5 cm³/mol. The van der Waals surface area contributed by atoms with Gasteiger partial charge in [0.25, 0.3) is 11.8 Å². The van der Waals surface area contributed by atoms with Crippen LogP contribution < -0.4 is 11.1 Å². The number of nitrogens with zero attached hydrogens (tertiary/aromatic N) is 2. The highest BCUT2D eigenvalue weighted by Crippen LogP contribution is 2.21. The van der Waals surface area contributed by atoms with Gasteiger partial charge >= 0.3 is 0 Å². The molecule has 21 heavy (non-hydrogen) atoms. The minimum absolute atomic E-state index is 0.0499. The zero-order valence-electron chi connectivity index (χ0n) is 10.7. The molecule has 0 aliphatic rings. The summed E-state index contributed by atoms with van der Waals surface area (Å²) in [5, 5.41) is 20.8. The fourth-order valence-electron chi connectivity index (χ4n) is 1.60. The monoisotopic (exact) mass is 282 g/mol. The number of hydrogen-bond donors (Lipinski definition) is 3. The summed E-state index contributed by atoms with van der Waals surface area (Å²) in [6.45, 7) is 0. The first-order chi connectivity index (χ1) is 10.0. The van der Waals surface area contributed by atoms with E-state index in [0.29, 0.717) is 0 Å². The van der Waals surface area contributed by atoms with Gasteiger partial charge in [0.15, 0.2) is 0 Å². The Bertz CT molecular complexity index is 748. The van der Waals surface area contributed by atoms with Crippen LogP contribution in [0.5, 0.6) is 5.75 Å². The van der Waals surface area contributed by atoms with Gasteiger partial charge < -0.3 is 16.2 Å². The summed E-state index contributed by atoms with van der Waals surface area (Å²) in [5.41, 5.74) is 5.70. The fraction of sp³-hybridized carbons (Fsp3) is 0. The summed E-state index contributed by atoms with van der Waals surface area (Å²) in [4.78, 5) is 26.7. The second kappa shape index (κ2) is 5.71. The molecule has 2 rings (SSSR count). The van der Waals surface area contributed by atoms with E-state index < -0.39 is 11.8 Å². The number of anilines is 1. The molecule has 0 bridgehead atoms. The molecular formula is C14H10N4O3. The minimum Gasteiger partial charge on any atom is -0.508 e. The Hall–Kier alpha value is -3.40. The number of rotatable bonds is 3. The lowest BCUT2D eigenvalue weighted by Gasteiger charge is -2.07. The van der Waals surface area contributed by atoms with Crippen LogP contribution in [0.15, 0.2) is 36.5 Å². The molecule has 7 nitrogen and oxygen atoms in total. The Morgan fingerprint density at radius 2 is 2.05 bits per heavy atom. The van der Waals surface area contributed by atoms with E-state index in [2.05, 4.69) is 10.3 Å². The first kappa shape index (κ1) is 14.0. The molecule has 0 aliphatic carbocycles. The zero-order valence-corrected chi connectivity index (χ0v) is 10.7. The molecule has 0 aliphatic heterocycles. The topological polar surface area (TPSA) is 129 Å². The third-order valence-corrected chi connectivity index (χ3v) is 2.65. The molecule has 0 atom stereocenters. The van der Waals surface area contributed by atoms with E-state index >= 15 is 0 Å². The van der Waals surface area contributed by atoms with Gasteiger partial charge in [-0.2, -0.15) is 5.26 Å². The molecule has 0 saturated carbocycles. The SMILES string of the molecule is N#Cc1cc(O)ccc1NC(=O)c1ccc(C(N)=O)nc1. The molecule has 1 heterocycles. The Morgan fingerprint density at radius 3 is 2.62 bits per heavy atom. The van der Waals surface area contributed by atoms with Crippen molar-refractivity contribution in [2.75, 3.05) is 5.32 Å². The number of nitriles is 1. The number of aromatic hydroxyl groups is 1. The zero-order chi connectivity index (χ0) is 15.4.